The van der Waals surface area contributed by atoms with E-state index in [1.807, 2.05) is 48.5 Å². The quantitative estimate of drug-likeness (QED) is 0.108. The number of aromatic amines is 1. The van der Waals surface area contributed by atoms with Gasteiger partial charge in [0, 0.05) is 26.9 Å². The molecule has 2 aromatic heterocycles. The summed E-state index contributed by atoms with van der Waals surface area (Å²) in [6.45, 7) is 3.26. The van der Waals surface area contributed by atoms with Crippen LogP contribution in [0.4, 0.5) is 19.6 Å². The molecule has 2 heterocycles. The van der Waals surface area contributed by atoms with Crippen molar-refractivity contribution in [2.75, 3.05) is 4.90 Å². The average Bonchev–Trinajstić information content (AvgIpc) is 3.82. The minimum absolute atomic E-state index is 0.0705. The number of H-pyrrole nitrogens is 1. The number of ether oxygens (including phenoxy) is 1. The highest BCUT2D eigenvalue weighted by Gasteiger charge is 2.54. The van der Waals surface area contributed by atoms with Gasteiger partial charge < -0.3 is 19.1 Å². The van der Waals surface area contributed by atoms with Gasteiger partial charge in [0.1, 0.15) is 16.5 Å². The predicted octanol–water partition coefficient (Wildman–Crippen LogP) is 10.6. The summed E-state index contributed by atoms with van der Waals surface area (Å²) in [5.74, 6) is 1.64. The highest BCUT2D eigenvalue weighted by molar-refractivity contribution is 9.10. The molecule has 0 saturated carbocycles. The van der Waals surface area contributed by atoms with Crippen molar-refractivity contribution in [2.24, 2.45) is 0 Å². The zero-order valence-corrected chi connectivity index (χ0v) is 31.5. The Bertz CT molecular complexity index is 2220. The number of hydrogen-bond acceptors (Lipinski definition) is 10. The average molecular weight is 837 g/mol. The van der Waals surface area contributed by atoms with E-state index in [0.29, 0.717) is 48.8 Å². The van der Waals surface area contributed by atoms with E-state index in [1.165, 1.54) is 30.4 Å². The van der Waals surface area contributed by atoms with E-state index in [9.17, 15) is 9.46 Å². The molecule has 0 fully saturated rings. The Balaban J connectivity index is 1.28. The van der Waals surface area contributed by atoms with Crippen LogP contribution in [0.25, 0.3) is 22.0 Å². The minimum atomic E-state index is -5.36. The molecule has 0 aliphatic rings. The molecule has 4 aromatic carbocycles. The van der Waals surface area contributed by atoms with E-state index in [2.05, 4.69) is 46.8 Å². The monoisotopic (exact) mass is 835 g/mol. The molecule has 0 amide bonds. The molecule has 0 saturated heterocycles. The number of halogens is 5. The van der Waals surface area contributed by atoms with E-state index >= 15 is 8.78 Å². The van der Waals surface area contributed by atoms with Crippen molar-refractivity contribution in [1.82, 2.24) is 30.8 Å². The van der Waals surface area contributed by atoms with Crippen LogP contribution in [0.2, 0.25) is 10.0 Å². The lowest BCUT2D eigenvalue weighted by molar-refractivity contribution is 0.0341. The normalized spacial score (nSPS) is 13.5. The van der Waals surface area contributed by atoms with Gasteiger partial charge in [-0.3, -0.25) is 4.57 Å². The van der Waals surface area contributed by atoms with Crippen LogP contribution in [0.5, 0.6) is 11.5 Å². The Labute approximate surface area is 313 Å². The van der Waals surface area contributed by atoms with Crippen LogP contribution in [-0.4, -0.2) is 41.8 Å². The molecule has 6 aromatic rings. The molecule has 0 aliphatic carbocycles. The molecule has 0 spiro atoms. The number of tetrazole rings is 1. The Morgan fingerprint density at radius 1 is 0.980 bits per heavy atom. The summed E-state index contributed by atoms with van der Waals surface area (Å²) < 4.78 is 54.3. The Morgan fingerprint density at radius 3 is 2.37 bits per heavy atom. The summed E-state index contributed by atoms with van der Waals surface area (Å²) in [4.78, 5) is 12.0. The van der Waals surface area contributed by atoms with Crippen molar-refractivity contribution in [2.45, 2.75) is 38.6 Å². The zero-order chi connectivity index (χ0) is 36.3. The third-order valence-corrected chi connectivity index (χ3v) is 11.6. The first-order chi connectivity index (χ1) is 24.3. The third kappa shape index (κ3) is 8.30. The van der Waals surface area contributed by atoms with E-state index in [-0.39, 0.29) is 17.4 Å². The smallest absolute Gasteiger partial charge is 0.402 e. The highest BCUT2D eigenvalue weighted by atomic mass is 79.9. The van der Waals surface area contributed by atoms with Crippen molar-refractivity contribution >= 4 is 68.9 Å². The Hall–Kier alpha value is -3.82. The van der Waals surface area contributed by atoms with Gasteiger partial charge in [-0.15, -0.1) is 15.3 Å². The summed E-state index contributed by atoms with van der Waals surface area (Å²) in [6, 6.07) is 23.7. The zero-order valence-electron chi connectivity index (χ0n) is 26.7. The second-order valence-corrected chi connectivity index (χ2v) is 15.6. The molecule has 51 heavy (non-hydrogen) atoms. The second-order valence-electron chi connectivity index (χ2n) is 11.2. The van der Waals surface area contributed by atoms with E-state index < -0.39 is 24.9 Å². The summed E-state index contributed by atoms with van der Waals surface area (Å²) >= 11 is 17.1. The van der Waals surface area contributed by atoms with Crippen LogP contribution >= 0.6 is 58.1 Å². The number of alkyl halides is 2. The fraction of sp³-hybridized carbons (Fsp3) is 0.182. The molecule has 2 atom stereocenters. The lowest BCUT2D eigenvalue weighted by Gasteiger charge is -2.26. The summed E-state index contributed by atoms with van der Waals surface area (Å²) in [5.41, 5.74) is -2.17. The minimum Gasteiger partial charge on any atom is -0.457 e. The number of hydrogen-bond donors (Lipinski definition) is 2. The van der Waals surface area contributed by atoms with Gasteiger partial charge in [0.25, 0.3) is 0 Å². The van der Waals surface area contributed by atoms with Gasteiger partial charge in [-0.1, -0.05) is 93.8 Å². The number of benzene rings is 4. The maximum Gasteiger partial charge on any atom is 0.402 e. The third-order valence-electron chi connectivity index (χ3n) is 7.58. The van der Waals surface area contributed by atoms with Crippen LogP contribution in [0.1, 0.15) is 31.4 Å². The van der Waals surface area contributed by atoms with Crippen LogP contribution in [0.15, 0.2) is 89.4 Å². The van der Waals surface area contributed by atoms with Crippen molar-refractivity contribution in [1.29, 1.82) is 0 Å². The van der Waals surface area contributed by atoms with Crippen LogP contribution in [-0.2, 0) is 21.3 Å². The predicted molar refractivity (Wildman–Crippen MR) is 196 cm³/mol. The maximum absolute atomic E-state index is 15.3. The number of nitrogens with one attached hydrogen (secondary N) is 1. The molecule has 2 unspecified atom stereocenters. The van der Waals surface area contributed by atoms with Gasteiger partial charge in [-0.25, -0.2) is 5.10 Å². The molecule has 18 heteroatoms. The SMILES string of the molecule is CCC(C)OP(=O)(O)C(F)(F)c1ccc(CN(c2ccc(Cl)c(Cl)c2)c2nnc(-c3cccc(Oc4cccc(-c5nnn[nH]5)c4)c3)s2)cc1Br. The van der Waals surface area contributed by atoms with E-state index in [4.69, 9.17) is 32.5 Å². The Kier molecular flexibility index (Phi) is 11.2. The largest absolute Gasteiger partial charge is 0.457 e. The lowest BCUT2D eigenvalue weighted by Crippen LogP contribution is -2.20. The number of rotatable bonds is 13. The molecule has 2 N–H and O–H groups in total. The van der Waals surface area contributed by atoms with Crippen molar-refractivity contribution in [3.63, 3.8) is 0 Å². The maximum atomic E-state index is 15.3. The topological polar surface area (TPSA) is 139 Å². The van der Waals surface area contributed by atoms with Gasteiger partial charge in [0.05, 0.1) is 22.7 Å². The van der Waals surface area contributed by atoms with Crippen molar-refractivity contribution in [3.8, 4) is 33.5 Å². The lowest BCUT2D eigenvalue weighted by atomic mass is 10.1. The van der Waals surface area contributed by atoms with E-state index in [1.54, 1.807) is 30.0 Å². The van der Waals surface area contributed by atoms with Crippen molar-refractivity contribution in [3.05, 3.63) is 111 Å². The standard InChI is InChI=1S/C33H27BrCl2F2N7O4PS/c1-3-19(2)49-50(46,47)33(37,38)26-12-10-20(14-27(26)34)18-45(23-11-13-28(35)29(36)17-23)32-42-41-31(51-32)22-7-5-9-25(16-22)48-24-8-4-6-21(15-24)30-39-43-44-40-30/h4-17,19H,3,18H2,1-2H3,(H,46,47)(H,39,40,43,44). The van der Waals surface area contributed by atoms with Crippen molar-refractivity contribution < 1.29 is 27.5 Å². The number of nitrogens with zero attached hydrogens (tertiary/aromatic N) is 6. The van der Waals surface area contributed by atoms with Crippen LogP contribution in [0, 0.1) is 0 Å². The molecular weight excluding hydrogens is 810 g/mol. The van der Waals surface area contributed by atoms with Gasteiger partial charge in [0.2, 0.25) is 5.13 Å². The summed E-state index contributed by atoms with van der Waals surface area (Å²) in [7, 11) is -5.36. The highest BCUT2D eigenvalue weighted by Crippen LogP contribution is 2.64. The molecule has 0 aliphatic heterocycles. The molecule has 11 nitrogen and oxygen atoms in total. The number of aromatic nitrogens is 6. The number of anilines is 2. The molecule has 6 rings (SSSR count). The summed E-state index contributed by atoms with van der Waals surface area (Å²) in [6.07, 6.45) is -0.548. The first kappa shape index (κ1) is 37.0. The Morgan fingerprint density at radius 2 is 1.71 bits per heavy atom. The molecule has 0 radical (unpaired) electrons. The van der Waals surface area contributed by atoms with Crippen LogP contribution in [0.3, 0.4) is 0 Å². The second kappa shape index (κ2) is 15.4. The fourth-order valence-corrected chi connectivity index (χ4v) is 8.05. The molecular formula is C33H27BrCl2F2N7O4PS. The van der Waals surface area contributed by atoms with Gasteiger partial charge >= 0.3 is 13.3 Å². The first-order valence-electron chi connectivity index (χ1n) is 15.2. The molecule has 264 valence electrons. The van der Waals surface area contributed by atoms with Gasteiger partial charge in [0.15, 0.2) is 5.82 Å². The van der Waals surface area contributed by atoms with Gasteiger partial charge in [-0.05, 0) is 77.9 Å². The van der Waals surface area contributed by atoms with Gasteiger partial charge in [-0.2, -0.15) is 8.78 Å². The van der Waals surface area contributed by atoms with Crippen LogP contribution < -0.4 is 9.64 Å². The summed E-state index contributed by atoms with van der Waals surface area (Å²) in [5, 5.41) is 24.5. The fourth-order valence-electron chi connectivity index (χ4n) is 4.80. The molecule has 0 bridgehead atoms. The first-order valence-corrected chi connectivity index (χ1v) is 19.2. The van der Waals surface area contributed by atoms with E-state index in [0.717, 1.165) is 17.2 Å².